The zero-order valence-electron chi connectivity index (χ0n) is 6.36. The molecule has 12 heavy (non-hydrogen) atoms. The van der Waals surface area contributed by atoms with Gasteiger partial charge in [-0.15, -0.1) is 12.4 Å². The predicted molar refractivity (Wildman–Crippen MR) is 47.9 cm³/mol. The first-order valence-corrected chi connectivity index (χ1v) is 3.19. The number of hydrogen-bond donors (Lipinski definition) is 2. The summed E-state index contributed by atoms with van der Waals surface area (Å²) in [6.07, 6.45) is 1.42. The Kier molecular flexibility index (Phi) is 4.25. The van der Waals surface area contributed by atoms with Crippen LogP contribution in [0, 0.1) is 0 Å². The van der Waals surface area contributed by atoms with E-state index in [1.807, 2.05) is 0 Å². The summed E-state index contributed by atoms with van der Waals surface area (Å²) in [5, 5.41) is 0. The molecule has 1 rings (SSSR count). The SMILES string of the molecule is Cl.NCc1ccc(C(N)=O)cn1. The molecule has 66 valence electrons. The van der Waals surface area contributed by atoms with Crippen LogP contribution in [0.2, 0.25) is 0 Å². The number of pyridine rings is 1. The van der Waals surface area contributed by atoms with Gasteiger partial charge in [-0.2, -0.15) is 0 Å². The average molecular weight is 188 g/mol. The number of nitrogens with zero attached hydrogens (tertiary/aromatic N) is 1. The van der Waals surface area contributed by atoms with Crippen LogP contribution in [0.15, 0.2) is 18.3 Å². The Balaban J connectivity index is 0.00000121. The number of carbonyl (C=O) groups excluding carboxylic acids is 1. The minimum Gasteiger partial charge on any atom is -0.366 e. The quantitative estimate of drug-likeness (QED) is 0.687. The van der Waals surface area contributed by atoms with Crippen LogP contribution >= 0.6 is 12.4 Å². The van der Waals surface area contributed by atoms with Crippen molar-refractivity contribution in [1.82, 2.24) is 4.98 Å². The topological polar surface area (TPSA) is 82.0 Å². The van der Waals surface area contributed by atoms with Crippen molar-refractivity contribution in [3.63, 3.8) is 0 Å². The molecule has 0 bridgehead atoms. The third-order valence-corrected chi connectivity index (χ3v) is 1.32. The van der Waals surface area contributed by atoms with Crippen molar-refractivity contribution in [1.29, 1.82) is 0 Å². The van der Waals surface area contributed by atoms with Crippen molar-refractivity contribution >= 4 is 18.3 Å². The third-order valence-electron chi connectivity index (χ3n) is 1.32. The number of amides is 1. The molecule has 0 aliphatic carbocycles. The van der Waals surface area contributed by atoms with Crippen molar-refractivity contribution in [3.8, 4) is 0 Å². The minimum atomic E-state index is -0.471. The van der Waals surface area contributed by atoms with E-state index in [-0.39, 0.29) is 12.4 Å². The van der Waals surface area contributed by atoms with Crippen LogP contribution in [0.3, 0.4) is 0 Å². The molecule has 0 aliphatic rings. The van der Waals surface area contributed by atoms with E-state index in [4.69, 9.17) is 11.5 Å². The molecule has 5 heteroatoms. The lowest BCUT2D eigenvalue weighted by molar-refractivity contribution is 0.1000. The summed E-state index contributed by atoms with van der Waals surface area (Å²) < 4.78 is 0. The van der Waals surface area contributed by atoms with E-state index < -0.39 is 5.91 Å². The number of carbonyl (C=O) groups is 1. The maximum absolute atomic E-state index is 10.6. The van der Waals surface area contributed by atoms with Crippen LogP contribution in [-0.2, 0) is 6.54 Å². The van der Waals surface area contributed by atoms with Crippen LogP contribution in [0.1, 0.15) is 16.1 Å². The molecule has 0 aromatic carbocycles. The number of primary amides is 1. The first-order chi connectivity index (χ1) is 5.24. The van der Waals surface area contributed by atoms with E-state index >= 15 is 0 Å². The summed E-state index contributed by atoms with van der Waals surface area (Å²) in [6.45, 7) is 0.374. The molecular weight excluding hydrogens is 178 g/mol. The highest BCUT2D eigenvalue weighted by Gasteiger charge is 1.98. The van der Waals surface area contributed by atoms with Gasteiger partial charge in [0.2, 0.25) is 5.91 Å². The summed E-state index contributed by atoms with van der Waals surface area (Å²) in [5.74, 6) is -0.471. The zero-order chi connectivity index (χ0) is 8.27. The first-order valence-electron chi connectivity index (χ1n) is 3.19. The lowest BCUT2D eigenvalue weighted by Crippen LogP contribution is -2.11. The standard InChI is InChI=1S/C7H9N3O.ClH/c8-3-6-2-1-5(4-10-6)7(9)11;/h1-2,4H,3,8H2,(H2,9,11);1H. The normalized spacial score (nSPS) is 8.75. The molecule has 0 radical (unpaired) electrons. The van der Waals surface area contributed by atoms with E-state index in [0.29, 0.717) is 12.1 Å². The predicted octanol–water partition coefficient (Wildman–Crippen LogP) is 0.0610. The van der Waals surface area contributed by atoms with Crippen molar-refractivity contribution in [3.05, 3.63) is 29.6 Å². The molecule has 1 aromatic rings. The summed E-state index contributed by atoms with van der Waals surface area (Å²) in [6, 6.07) is 3.29. The first kappa shape index (κ1) is 10.9. The van der Waals surface area contributed by atoms with Crippen LogP contribution < -0.4 is 11.5 Å². The van der Waals surface area contributed by atoms with Gasteiger partial charge in [-0.05, 0) is 12.1 Å². The number of rotatable bonds is 2. The molecule has 1 aromatic heterocycles. The third kappa shape index (κ3) is 2.48. The summed E-state index contributed by atoms with van der Waals surface area (Å²) in [5.41, 5.74) is 11.4. The second kappa shape index (κ2) is 4.69. The molecule has 0 aliphatic heterocycles. The highest BCUT2D eigenvalue weighted by atomic mass is 35.5. The maximum atomic E-state index is 10.6. The van der Waals surface area contributed by atoms with E-state index in [2.05, 4.69) is 4.98 Å². The number of halogens is 1. The number of nitrogens with two attached hydrogens (primary N) is 2. The van der Waals surface area contributed by atoms with Crippen LogP contribution in [0.4, 0.5) is 0 Å². The lowest BCUT2D eigenvalue weighted by Gasteiger charge is -1.96. The molecule has 4 N–H and O–H groups in total. The van der Waals surface area contributed by atoms with E-state index in [1.165, 1.54) is 6.20 Å². The second-order valence-corrected chi connectivity index (χ2v) is 2.11. The van der Waals surface area contributed by atoms with Crippen LogP contribution in [0.25, 0.3) is 0 Å². The highest BCUT2D eigenvalue weighted by molar-refractivity contribution is 5.92. The van der Waals surface area contributed by atoms with Crippen LogP contribution in [0.5, 0.6) is 0 Å². The van der Waals surface area contributed by atoms with Gasteiger partial charge >= 0.3 is 0 Å². The molecule has 4 nitrogen and oxygen atoms in total. The Bertz CT molecular complexity index is 260. The molecule has 0 spiro atoms. The molecule has 0 saturated heterocycles. The Morgan fingerprint density at radius 2 is 2.17 bits per heavy atom. The summed E-state index contributed by atoms with van der Waals surface area (Å²) in [7, 11) is 0. The Morgan fingerprint density at radius 1 is 1.50 bits per heavy atom. The molecule has 0 unspecified atom stereocenters. The number of hydrogen-bond acceptors (Lipinski definition) is 3. The molecular formula is C7H10ClN3O. The second-order valence-electron chi connectivity index (χ2n) is 2.11. The molecule has 1 heterocycles. The van der Waals surface area contributed by atoms with Gasteiger partial charge in [0, 0.05) is 12.7 Å². The largest absolute Gasteiger partial charge is 0.366 e. The Hall–Kier alpha value is -1.13. The van der Waals surface area contributed by atoms with E-state index in [1.54, 1.807) is 12.1 Å². The molecule has 0 atom stereocenters. The lowest BCUT2D eigenvalue weighted by atomic mass is 10.2. The van der Waals surface area contributed by atoms with E-state index in [9.17, 15) is 4.79 Å². The summed E-state index contributed by atoms with van der Waals surface area (Å²) in [4.78, 5) is 14.4. The average Bonchev–Trinajstić information content (AvgIpc) is 2.05. The minimum absolute atomic E-state index is 0. The molecule has 0 saturated carbocycles. The Morgan fingerprint density at radius 3 is 2.50 bits per heavy atom. The van der Waals surface area contributed by atoms with Gasteiger partial charge in [-0.3, -0.25) is 9.78 Å². The van der Waals surface area contributed by atoms with Gasteiger partial charge in [-0.25, -0.2) is 0 Å². The Labute approximate surface area is 76.4 Å². The fraction of sp³-hybridized carbons (Fsp3) is 0.143. The van der Waals surface area contributed by atoms with Gasteiger partial charge in [0.05, 0.1) is 11.3 Å². The van der Waals surface area contributed by atoms with Crippen molar-refractivity contribution in [2.45, 2.75) is 6.54 Å². The van der Waals surface area contributed by atoms with Gasteiger partial charge in [0.1, 0.15) is 0 Å². The van der Waals surface area contributed by atoms with E-state index in [0.717, 1.165) is 5.69 Å². The van der Waals surface area contributed by atoms with Crippen LogP contribution in [-0.4, -0.2) is 10.9 Å². The maximum Gasteiger partial charge on any atom is 0.250 e. The monoisotopic (exact) mass is 187 g/mol. The van der Waals surface area contributed by atoms with Crippen molar-refractivity contribution in [2.75, 3.05) is 0 Å². The summed E-state index contributed by atoms with van der Waals surface area (Å²) >= 11 is 0. The fourth-order valence-electron chi connectivity index (χ4n) is 0.691. The van der Waals surface area contributed by atoms with Gasteiger partial charge in [0.25, 0.3) is 0 Å². The van der Waals surface area contributed by atoms with Gasteiger partial charge < -0.3 is 11.5 Å². The van der Waals surface area contributed by atoms with Crippen molar-refractivity contribution < 1.29 is 4.79 Å². The zero-order valence-corrected chi connectivity index (χ0v) is 7.17. The van der Waals surface area contributed by atoms with Gasteiger partial charge in [0.15, 0.2) is 0 Å². The smallest absolute Gasteiger partial charge is 0.250 e. The number of aromatic nitrogens is 1. The fourth-order valence-corrected chi connectivity index (χ4v) is 0.691. The molecule has 1 amide bonds. The van der Waals surface area contributed by atoms with Crippen molar-refractivity contribution in [2.24, 2.45) is 11.5 Å². The highest BCUT2D eigenvalue weighted by Crippen LogP contribution is 1.97. The van der Waals surface area contributed by atoms with Gasteiger partial charge in [-0.1, -0.05) is 0 Å². The molecule has 0 fully saturated rings.